The Morgan fingerprint density at radius 2 is 1.73 bits per heavy atom. The predicted molar refractivity (Wildman–Crippen MR) is 134 cm³/mol. The Balaban J connectivity index is 1.62. The first-order valence-corrected chi connectivity index (χ1v) is 14.8. The molecule has 0 amide bonds. The van der Waals surface area contributed by atoms with Crippen molar-refractivity contribution >= 4 is 38.2 Å². The second-order valence-electron chi connectivity index (χ2n) is 8.73. The minimum absolute atomic E-state index is 0.00408. The molecule has 1 aliphatic heterocycles. The van der Waals surface area contributed by atoms with Crippen molar-refractivity contribution in [2.45, 2.75) is 33.8 Å². The molecule has 1 N–H and O–H groups in total. The molecule has 3 aromatic rings. The number of thiophene rings is 1. The van der Waals surface area contributed by atoms with Crippen LogP contribution in [0.2, 0.25) is 0 Å². The summed E-state index contributed by atoms with van der Waals surface area (Å²) in [5.41, 5.74) is -2.88. The molecule has 200 valence electrons. The van der Waals surface area contributed by atoms with Gasteiger partial charge in [0.1, 0.15) is 15.8 Å². The van der Waals surface area contributed by atoms with E-state index < -0.39 is 44.8 Å². The normalized spacial score (nSPS) is 20.0. The van der Waals surface area contributed by atoms with Crippen LogP contribution in [0.4, 0.5) is 23.2 Å². The van der Waals surface area contributed by atoms with Crippen molar-refractivity contribution in [1.29, 1.82) is 0 Å². The summed E-state index contributed by atoms with van der Waals surface area (Å²) in [6, 6.07) is 12.9. The Morgan fingerprint density at radius 3 is 2.30 bits per heavy atom. The summed E-state index contributed by atoms with van der Waals surface area (Å²) >= 11 is -0.523. The van der Waals surface area contributed by atoms with Gasteiger partial charge in [-0.05, 0) is 71.5 Å². The van der Waals surface area contributed by atoms with Crippen molar-refractivity contribution in [3.8, 4) is 0 Å². The van der Waals surface area contributed by atoms with E-state index in [1.807, 2.05) is 0 Å². The van der Waals surface area contributed by atoms with Crippen molar-refractivity contribution < 1.29 is 35.6 Å². The molecular weight excluding hydrogens is 552 g/mol. The van der Waals surface area contributed by atoms with E-state index in [4.69, 9.17) is 0 Å². The van der Waals surface area contributed by atoms with Crippen LogP contribution in [0.1, 0.15) is 12.5 Å². The number of sulfonamides is 1. The van der Waals surface area contributed by atoms with Gasteiger partial charge in [-0.3, -0.25) is 0 Å². The average Bonchev–Trinajstić information content (AvgIpc) is 3.40. The van der Waals surface area contributed by atoms with E-state index in [1.54, 1.807) is 16.3 Å². The fourth-order valence-corrected chi connectivity index (χ4v) is 7.94. The minimum atomic E-state index is -4.87. The summed E-state index contributed by atoms with van der Waals surface area (Å²) < 4.78 is 94.0. The molecule has 1 aromatic heterocycles. The van der Waals surface area contributed by atoms with Crippen LogP contribution < -0.4 is 4.90 Å². The Hall–Kier alpha value is -2.16. The predicted octanol–water partition coefficient (Wildman–Crippen LogP) is 4.34. The van der Waals surface area contributed by atoms with E-state index in [0.717, 1.165) is 11.3 Å². The van der Waals surface area contributed by atoms with Crippen LogP contribution in [0.25, 0.3) is 0 Å². The fraction of sp³-hybridized carbons (Fsp3) is 0.333. The molecule has 1 saturated heterocycles. The molecule has 37 heavy (non-hydrogen) atoms. The van der Waals surface area contributed by atoms with Crippen molar-refractivity contribution in [1.82, 2.24) is 4.31 Å². The molecule has 0 unspecified atom stereocenters. The van der Waals surface area contributed by atoms with Gasteiger partial charge in [0.25, 0.3) is 10.0 Å². The molecule has 1 aliphatic rings. The maximum absolute atomic E-state index is 13.3. The third-order valence-electron chi connectivity index (χ3n) is 6.27. The molecular formula is C24H24F4N2O4S3. The van der Waals surface area contributed by atoms with Crippen LogP contribution in [-0.2, 0) is 26.8 Å². The summed E-state index contributed by atoms with van der Waals surface area (Å²) in [5, 5.41) is 11.6. The first-order chi connectivity index (χ1) is 17.3. The molecule has 0 radical (unpaired) electrons. The van der Waals surface area contributed by atoms with Crippen molar-refractivity contribution in [3.63, 3.8) is 0 Å². The molecule has 1 fully saturated rings. The van der Waals surface area contributed by atoms with Crippen LogP contribution in [0.5, 0.6) is 0 Å². The first-order valence-electron chi connectivity index (χ1n) is 11.1. The van der Waals surface area contributed by atoms with Crippen molar-refractivity contribution in [2.75, 3.05) is 30.3 Å². The highest BCUT2D eigenvalue weighted by Crippen LogP contribution is 2.39. The van der Waals surface area contributed by atoms with E-state index in [0.29, 0.717) is 17.5 Å². The second-order valence-corrected chi connectivity index (χ2v) is 13.3. The lowest BCUT2D eigenvalue weighted by Crippen LogP contribution is -2.57. The van der Waals surface area contributed by atoms with Gasteiger partial charge in [0, 0.05) is 25.3 Å². The quantitative estimate of drug-likeness (QED) is 0.334. The van der Waals surface area contributed by atoms with Crippen LogP contribution in [-0.4, -0.2) is 60.0 Å². The summed E-state index contributed by atoms with van der Waals surface area (Å²) in [4.78, 5) is 2.17. The van der Waals surface area contributed by atoms with Gasteiger partial charge in [-0.2, -0.15) is 17.5 Å². The molecule has 0 spiro atoms. The lowest BCUT2D eigenvalue weighted by molar-refractivity contribution is -0.258. The number of rotatable bonds is 7. The Labute approximate surface area is 219 Å². The molecule has 2 aromatic carbocycles. The fourth-order valence-electron chi connectivity index (χ4n) is 4.06. The molecule has 2 heterocycles. The lowest BCUT2D eigenvalue weighted by Gasteiger charge is -2.41. The standard InChI is InChI=1S/C24H24F4N2O4S3/c1-23(31,24(26,27)28)17-4-8-19(9-5-17)30-13-12-29(37(33,34)22-3-2-14-35-22)15-20(30)16-36(32)21-10-6-18(25)7-11-21/h2-11,14,20,31H,12-13,15-16H2,1H3/t20-,23+,36+/m1/s1. The van der Waals surface area contributed by atoms with E-state index in [1.165, 1.54) is 58.9 Å². The Morgan fingerprint density at radius 1 is 1.08 bits per heavy atom. The molecule has 0 saturated carbocycles. The molecule has 3 atom stereocenters. The van der Waals surface area contributed by atoms with Gasteiger partial charge in [-0.15, -0.1) is 11.3 Å². The van der Waals surface area contributed by atoms with Gasteiger partial charge in [-0.1, -0.05) is 18.2 Å². The third-order valence-corrected chi connectivity index (χ3v) is 11.0. The van der Waals surface area contributed by atoms with Gasteiger partial charge < -0.3 is 14.6 Å². The SMILES string of the molecule is C[C@](O)(c1ccc(N2CCN(S(=O)(=O)c3cccs3)C[C@@H]2C[S@+]([O-])c2ccc(F)cc2)cc1)C(F)(F)F. The van der Waals surface area contributed by atoms with Crippen LogP contribution in [0, 0.1) is 5.82 Å². The van der Waals surface area contributed by atoms with Crippen LogP contribution >= 0.6 is 11.3 Å². The smallest absolute Gasteiger partial charge is 0.421 e. The average molecular weight is 577 g/mol. The highest BCUT2D eigenvalue weighted by atomic mass is 32.2. The number of alkyl halides is 3. The van der Waals surface area contributed by atoms with E-state index in [9.17, 15) is 35.6 Å². The van der Waals surface area contributed by atoms with Crippen molar-refractivity contribution in [2.24, 2.45) is 0 Å². The highest BCUT2D eigenvalue weighted by Gasteiger charge is 2.51. The molecule has 4 rings (SSSR count). The van der Waals surface area contributed by atoms with Gasteiger partial charge in [0.2, 0.25) is 0 Å². The van der Waals surface area contributed by atoms with Crippen LogP contribution in [0.3, 0.4) is 0 Å². The first kappa shape index (κ1) is 27.9. The number of aliphatic hydroxyl groups is 1. The maximum Gasteiger partial charge on any atom is 0.421 e. The van der Waals surface area contributed by atoms with E-state index in [-0.39, 0.29) is 35.2 Å². The Bertz CT molecular complexity index is 1300. The number of hydrogen-bond acceptors (Lipinski definition) is 6. The van der Waals surface area contributed by atoms with Gasteiger partial charge in [-0.25, -0.2) is 12.8 Å². The lowest BCUT2D eigenvalue weighted by atomic mass is 9.95. The zero-order chi connectivity index (χ0) is 27.0. The number of halogens is 4. The number of piperazine rings is 1. The molecule has 0 bridgehead atoms. The molecule has 13 heteroatoms. The maximum atomic E-state index is 13.3. The van der Waals surface area contributed by atoms with E-state index in [2.05, 4.69) is 0 Å². The van der Waals surface area contributed by atoms with E-state index >= 15 is 0 Å². The van der Waals surface area contributed by atoms with Crippen molar-refractivity contribution in [3.05, 3.63) is 77.4 Å². The monoisotopic (exact) mass is 576 g/mol. The minimum Gasteiger partial charge on any atom is -0.611 e. The molecule has 6 nitrogen and oxygen atoms in total. The topological polar surface area (TPSA) is 83.9 Å². The summed E-state index contributed by atoms with van der Waals surface area (Å²) in [6.07, 6.45) is -4.87. The van der Waals surface area contributed by atoms with Crippen LogP contribution in [0.15, 0.2) is 75.1 Å². The highest BCUT2D eigenvalue weighted by molar-refractivity contribution is 7.91. The largest absolute Gasteiger partial charge is 0.611 e. The second kappa shape index (κ2) is 10.5. The molecule has 0 aliphatic carbocycles. The Kier molecular flexibility index (Phi) is 7.94. The number of nitrogens with zero attached hydrogens (tertiary/aromatic N) is 2. The zero-order valence-electron chi connectivity index (χ0n) is 19.6. The summed E-state index contributed by atoms with van der Waals surface area (Å²) in [7, 11) is -3.79. The zero-order valence-corrected chi connectivity index (χ0v) is 22.0. The third kappa shape index (κ3) is 5.81. The number of anilines is 1. The number of benzene rings is 2. The van der Waals surface area contributed by atoms with Gasteiger partial charge in [0.15, 0.2) is 10.5 Å². The summed E-state index contributed by atoms with van der Waals surface area (Å²) in [6.45, 7) is 0.979. The van der Waals surface area contributed by atoms with Gasteiger partial charge >= 0.3 is 6.18 Å². The number of hydrogen-bond donors (Lipinski definition) is 1. The van der Waals surface area contributed by atoms with Gasteiger partial charge in [0.05, 0.1) is 6.04 Å². The summed E-state index contributed by atoms with van der Waals surface area (Å²) in [5.74, 6) is -0.479.